The number of hydrogen-bond donors (Lipinski definition) is 0. The summed E-state index contributed by atoms with van der Waals surface area (Å²) in [5.41, 5.74) is 5.19. The lowest BCUT2D eigenvalue weighted by Gasteiger charge is -2.13. The fourth-order valence-corrected chi connectivity index (χ4v) is 6.94. The molecule has 0 atom stereocenters. The highest BCUT2D eigenvalue weighted by atomic mass is 32.1. The molecule has 1 heteroatoms. The van der Waals surface area contributed by atoms with E-state index in [1.165, 1.54) is 74.7 Å². The normalized spacial score (nSPS) is 12.2. The number of allylic oxidation sites excluding steroid dienone is 1. The van der Waals surface area contributed by atoms with Crippen LogP contribution in [-0.2, 0) is 0 Å². The van der Waals surface area contributed by atoms with E-state index < -0.39 is 0 Å². The van der Waals surface area contributed by atoms with E-state index in [-0.39, 0.29) is 0 Å². The second-order valence-electron chi connectivity index (χ2n) is 9.29. The maximum atomic E-state index is 2.42. The van der Waals surface area contributed by atoms with Crippen LogP contribution >= 0.6 is 11.3 Å². The first kappa shape index (κ1) is 20.4. The molecule has 0 aliphatic heterocycles. The summed E-state index contributed by atoms with van der Waals surface area (Å²) in [6, 6.07) is 35.9. The molecule has 0 aliphatic carbocycles. The highest BCUT2D eigenvalue weighted by Gasteiger charge is 2.16. The standard InChI is InChI=1S/C34H24S/c1-3-10-22-19-30(25-12-5-4-11-24(25)21(22)2)23-17-18-32-31(20-23)33-28-15-8-6-13-26(28)27-14-7-9-16-29(27)34(33)35-32/h3-20H,1-2H3/b10-3-. The average Bonchev–Trinajstić information content (AvgIpc) is 3.30. The largest absolute Gasteiger partial charge is 0.135 e. The van der Waals surface area contributed by atoms with Crippen LogP contribution in [0.5, 0.6) is 0 Å². The summed E-state index contributed by atoms with van der Waals surface area (Å²) in [5.74, 6) is 0. The van der Waals surface area contributed by atoms with Crippen molar-refractivity contribution in [1.82, 2.24) is 0 Å². The molecule has 35 heavy (non-hydrogen) atoms. The molecule has 0 bridgehead atoms. The Hall–Kier alpha value is -3.94. The summed E-state index contributed by atoms with van der Waals surface area (Å²) in [4.78, 5) is 0. The molecule has 7 aromatic rings. The molecule has 7 rings (SSSR count). The van der Waals surface area contributed by atoms with E-state index in [1.54, 1.807) is 0 Å². The van der Waals surface area contributed by atoms with E-state index in [4.69, 9.17) is 0 Å². The van der Waals surface area contributed by atoms with E-state index in [9.17, 15) is 0 Å². The first-order chi connectivity index (χ1) is 17.2. The SMILES string of the molecule is C/C=C\c1cc(-c2ccc3sc4c5ccccc5c5ccccc5c4c3c2)c2ccccc2c1C. The summed E-state index contributed by atoms with van der Waals surface area (Å²) in [6.07, 6.45) is 4.36. The third kappa shape index (κ3) is 2.98. The van der Waals surface area contributed by atoms with Crippen molar-refractivity contribution in [2.24, 2.45) is 0 Å². The van der Waals surface area contributed by atoms with Gasteiger partial charge in [-0.05, 0) is 81.2 Å². The lowest BCUT2D eigenvalue weighted by atomic mass is 9.90. The smallest absolute Gasteiger partial charge is 0.0440 e. The van der Waals surface area contributed by atoms with Gasteiger partial charge < -0.3 is 0 Å². The third-order valence-electron chi connectivity index (χ3n) is 7.36. The van der Waals surface area contributed by atoms with Crippen LogP contribution in [0.15, 0.2) is 103 Å². The Bertz CT molecular complexity index is 1970. The molecule has 0 spiro atoms. The van der Waals surface area contributed by atoms with Crippen LogP contribution in [0.25, 0.3) is 69.7 Å². The second-order valence-corrected chi connectivity index (χ2v) is 10.3. The summed E-state index contributed by atoms with van der Waals surface area (Å²) in [6.45, 7) is 4.32. The Morgan fingerprint density at radius 2 is 1.23 bits per heavy atom. The van der Waals surface area contributed by atoms with Gasteiger partial charge in [-0.3, -0.25) is 0 Å². The number of rotatable bonds is 2. The Balaban J connectivity index is 1.62. The molecule has 0 amide bonds. The summed E-state index contributed by atoms with van der Waals surface area (Å²) in [7, 11) is 0. The zero-order valence-electron chi connectivity index (χ0n) is 19.8. The molecule has 0 unspecified atom stereocenters. The lowest BCUT2D eigenvalue weighted by molar-refractivity contribution is 1.49. The van der Waals surface area contributed by atoms with Crippen molar-refractivity contribution < 1.29 is 0 Å². The minimum Gasteiger partial charge on any atom is -0.135 e. The molecule has 0 saturated carbocycles. The van der Waals surface area contributed by atoms with Crippen LogP contribution in [0.2, 0.25) is 0 Å². The molecule has 0 nitrogen and oxygen atoms in total. The minimum absolute atomic E-state index is 1.27. The maximum Gasteiger partial charge on any atom is 0.0440 e. The molecular weight excluding hydrogens is 440 g/mol. The van der Waals surface area contributed by atoms with Crippen molar-refractivity contribution in [2.45, 2.75) is 13.8 Å². The van der Waals surface area contributed by atoms with Crippen LogP contribution in [0.4, 0.5) is 0 Å². The van der Waals surface area contributed by atoms with Gasteiger partial charge in [0.25, 0.3) is 0 Å². The van der Waals surface area contributed by atoms with Gasteiger partial charge in [0.2, 0.25) is 0 Å². The van der Waals surface area contributed by atoms with E-state index >= 15 is 0 Å². The first-order valence-electron chi connectivity index (χ1n) is 12.2. The summed E-state index contributed by atoms with van der Waals surface area (Å²) in [5, 5.41) is 10.7. The van der Waals surface area contributed by atoms with Crippen LogP contribution in [0.3, 0.4) is 0 Å². The van der Waals surface area contributed by atoms with Gasteiger partial charge in [-0.25, -0.2) is 0 Å². The van der Waals surface area contributed by atoms with Crippen molar-refractivity contribution >= 4 is 69.9 Å². The molecular formula is C34H24S. The molecule has 0 radical (unpaired) electrons. The van der Waals surface area contributed by atoms with Gasteiger partial charge in [0.15, 0.2) is 0 Å². The van der Waals surface area contributed by atoms with Gasteiger partial charge >= 0.3 is 0 Å². The van der Waals surface area contributed by atoms with Gasteiger partial charge in [0.1, 0.15) is 0 Å². The Morgan fingerprint density at radius 1 is 0.600 bits per heavy atom. The monoisotopic (exact) mass is 464 g/mol. The zero-order chi connectivity index (χ0) is 23.5. The second kappa shape index (κ2) is 7.80. The molecule has 0 N–H and O–H groups in total. The van der Waals surface area contributed by atoms with Crippen molar-refractivity contribution in [3.63, 3.8) is 0 Å². The molecule has 1 heterocycles. The van der Waals surface area contributed by atoms with Crippen molar-refractivity contribution in [3.05, 3.63) is 114 Å². The number of aryl methyl sites for hydroxylation is 1. The predicted octanol–water partition coefficient (Wildman–Crippen LogP) is 10.5. The quantitative estimate of drug-likeness (QED) is 0.223. The molecule has 166 valence electrons. The average molecular weight is 465 g/mol. The zero-order valence-corrected chi connectivity index (χ0v) is 20.6. The highest BCUT2D eigenvalue weighted by Crippen LogP contribution is 2.45. The Morgan fingerprint density at radius 3 is 1.97 bits per heavy atom. The summed E-state index contributed by atoms with van der Waals surface area (Å²) >= 11 is 1.92. The van der Waals surface area contributed by atoms with E-state index in [1.807, 2.05) is 11.3 Å². The molecule has 0 fully saturated rings. The predicted molar refractivity (Wildman–Crippen MR) is 157 cm³/mol. The number of benzene rings is 6. The number of thiophene rings is 1. The highest BCUT2D eigenvalue weighted by molar-refractivity contribution is 7.27. The van der Waals surface area contributed by atoms with Gasteiger partial charge in [-0.15, -0.1) is 11.3 Å². The third-order valence-corrected chi connectivity index (χ3v) is 8.56. The van der Waals surface area contributed by atoms with Gasteiger partial charge in [-0.1, -0.05) is 91.0 Å². The topological polar surface area (TPSA) is 0 Å². The van der Waals surface area contributed by atoms with Gasteiger partial charge in [0, 0.05) is 25.6 Å². The van der Waals surface area contributed by atoms with Crippen LogP contribution < -0.4 is 0 Å². The van der Waals surface area contributed by atoms with Crippen molar-refractivity contribution in [3.8, 4) is 11.1 Å². The molecule has 0 saturated heterocycles. The van der Waals surface area contributed by atoms with E-state index in [0.717, 1.165) is 0 Å². The Kier molecular flexibility index (Phi) is 4.55. The fraction of sp³-hybridized carbons (Fsp3) is 0.0588. The minimum atomic E-state index is 1.27. The lowest BCUT2D eigenvalue weighted by Crippen LogP contribution is -1.89. The molecule has 1 aromatic heterocycles. The number of hydrogen-bond acceptors (Lipinski definition) is 1. The van der Waals surface area contributed by atoms with Crippen LogP contribution in [0.1, 0.15) is 18.1 Å². The van der Waals surface area contributed by atoms with E-state index in [2.05, 4.69) is 123 Å². The number of fused-ring (bicyclic) bond motifs is 9. The molecule has 6 aromatic carbocycles. The van der Waals surface area contributed by atoms with Gasteiger partial charge in [0.05, 0.1) is 0 Å². The summed E-state index contributed by atoms with van der Waals surface area (Å²) < 4.78 is 2.73. The van der Waals surface area contributed by atoms with E-state index in [0.29, 0.717) is 0 Å². The van der Waals surface area contributed by atoms with Gasteiger partial charge in [-0.2, -0.15) is 0 Å². The fourth-order valence-electron chi connectivity index (χ4n) is 5.71. The maximum absolute atomic E-state index is 2.42. The molecule has 0 aliphatic rings. The van der Waals surface area contributed by atoms with Crippen molar-refractivity contribution in [1.29, 1.82) is 0 Å². The van der Waals surface area contributed by atoms with Crippen LogP contribution in [0, 0.1) is 6.92 Å². The Labute approximate surface area is 208 Å². The van der Waals surface area contributed by atoms with Crippen LogP contribution in [-0.4, -0.2) is 0 Å². The first-order valence-corrected chi connectivity index (χ1v) is 13.0. The van der Waals surface area contributed by atoms with Crippen molar-refractivity contribution in [2.75, 3.05) is 0 Å².